The van der Waals surface area contributed by atoms with Crippen molar-refractivity contribution in [2.75, 3.05) is 12.3 Å². The standard InChI is InChI=1S/C20H21N5O3S/c1-2-28-11-15-24-16-17(18-14(7-8-29-18)23-19(16)21)25(15)10-13-5-3-12(4-6-13)9-22-20(26)27/h3-8,22H,2,9-11H2,1H3,(H2,21,23)(H,26,27). The quantitative estimate of drug-likeness (QED) is 0.428. The van der Waals surface area contributed by atoms with E-state index in [4.69, 9.17) is 20.6 Å². The first-order chi connectivity index (χ1) is 14.1. The molecule has 0 saturated heterocycles. The highest BCUT2D eigenvalue weighted by molar-refractivity contribution is 7.18. The average molecular weight is 411 g/mol. The molecule has 1 amide bonds. The molecule has 0 aliphatic carbocycles. The molecule has 4 aromatic rings. The normalized spacial score (nSPS) is 11.3. The van der Waals surface area contributed by atoms with Gasteiger partial charge in [0.05, 0.1) is 15.7 Å². The minimum Gasteiger partial charge on any atom is -0.465 e. The molecule has 0 unspecified atom stereocenters. The molecule has 0 atom stereocenters. The van der Waals surface area contributed by atoms with Gasteiger partial charge in [-0.2, -0.15) is 0 Å². The van der Waals surface area contributed by atoms with Crippen LogP contribution < -0.4 is 11.1 Å². The maximum absolute atomic E-state index is 10.7. The number of nitrogen functional groups attached to an aromatic ring is 1. The van der Waals surface area contributed by atoms with E-state index in [1.165, 1.54) is 0 Å². The van der Waals surface area contributed by atoms with Gasteiger partial charge < -0.3 is 25.5 Å². The molecule has 4 rings (SSSR count). The van der Waals surface area contributed by atoms with Crippen LogP contribution in [-0.4, -0.2) is 32.3 Å². The van der Waals surface area contributed by atoms with Gasteiger partial charge in [0, 0.05) is 19.7 Å². The number of imidazole rings is 1. The molecule has 0 saturated carbocycles. The summed E-state index contributed by atoms with van der Waals surface area (Å²) in [5, 5.41) is 13.1. The molecular weight excluding hydrogens is 390 g/mol. The largest absolute Gasteiger partial charge is 0.465 e. The van der Waals surface area contributed by atoms with Crippen molar-refractivity contribution < 1.29 is 14.6 Å². The molecule has 29 heavy (non-hydrogen) atoms. The smallest absolute Gasteiger partial charge is 0.404 e. The average Bonchev–Trinajstić information content (AvgIpc) is 3.30. The third-order valence-corrected chi connectivity index (χ3v) is 5.54. The first kappa shape index (κ1) is 19.2. The number of pyridine rings is 1. The number of hydrogen-bond donors (Lipinski definition) is 3. The van der Waals surface area contributed by atoms with E-state index in [2.05, 4.69) is 14.9 Å². The number of amides is 1. The van der Waals surface area contributed by atoms with Gasteiger partial charge in [0.15, 0.2) is 5.82 Å². The first-order valence-corrected chi connectivity index (χ1v) is 10.1. The summed E-state index contributed by atoms with van der Waals surface area (Å²) in [6.45, 7) is 3.80. The maximum atomic E-state index is 10.7. The Morgan fingerprint density at radius 1 is 1.24 bits per heavy atom. The monoisotopic (exact) mass is 411 g/mol. The Morgan fingerprint density at radius 2 is 2.00 bits per heavy atom. The SMILES string of the molecule is CCOCc1nc2c(N)nc3ccsc3c2n1Cc1ccc(CNC(=O)O)cc1. The number of carbonyl (C=O) groups is 1. The van der Waals surface area contributed by atoms with Crippen LogP contribution in [0, 0.1) is 0 Å². The number of fused-ring (bicyclic) bond motifs is 3. The van der Waals surface area contributed by atoms with Crippen LogP contribution >= 0.6 is 11.3 Å². The van der Waals surface area contributed by atoms with Gasteiger partial charge in [-0.05, 0) is 29.5 Å². The Kier molecular flexibility index (Phi) is 5.32. The zero-order valence-electron chi connectivity index (χ0n) is 15.9. The van der Waals surface area contributed by atoms with Crippen molar-refractivity contribution >= 4 is 44.5 Å². The summed E-state index contributed by atoms with van der Waals surface area (Å²) < 4.78 is 8.81. The molecule has 0 fully saturated rings. The fourth-order valence-electron chi connectivity index (χ4n) is 3.26. The van der Waals surface area contributed by atoms with E-state index in [1.54, 1.807) is 11.3 Å². The number of ether oxygens (including phenoxy) is 1. The Hall–Kier alpha value is -3.17. The lowest BCUT2D eigenvalue weighted by molar-refractivity contribution is 0.126. The van der Waals surface area contributed by atoms with Gasteiger partial charge in [-0.3, -0.25) is 0 Å². The van der Waals surface area contributed by atoms with Crippen LogP contribution in [0.3, 0.4) is 0 Å². The molecule has 0 bridgehead atoms. The van der Waals surface area contributed by atoms with Crippen LogP contribution in [0.15, 0.2) is 35.7 Å². The highest BCUT2D eigenvalue weighted by Crippen LogP contribution is 2.33. The zero-order valence-corrected chi connectivity index (χ0v) is 16.7. The molecule has 9 heteroatoms. The van der Waals surface area contributed by atoms with E-state index < -0.39 is 6.09 Å². The van der Waals surface area contributed by atoms with E-state index in [0.29, 0.717) is 31.1 Å². The number of nitrogens with zero attached hydrogens (tertiary/aromatic N) is 3. The number of nitrogens with two attached hydrogens (primary N) is 1. The number of aromatic nitrogens is 3. The van der Waals surface area contributed by atoms with Gasteiger partial charge in [-0.25, -0.2) is 14.8 Å². The highest BCUT2D eigenvalue weighted by Gasteiger charge is 2.18. The van der Waals surface area contributed by atoms with Crippen molar-refractivity contribution in [1.29, 1.82) is 0 Å². The summed E-state index contributed by atoms with van der Waals surface area (Å²) in [4.78, 5) is 19.9. The van der Waals surface area contributed by atoms with E-state index in [0.717, 1.165) is 32.7 Å². The van der Waals surface area contributed by atoms with Crippen molar-refractivity contribution in [1.82, 2.24) is 19.9 Å². The number of carboxylic acid groups (broad SMARTS) is 1. The van der Waals surface area contributed by atoms with Gasteiger partial charge in [0.2, 0.25) is 0 Å². The second-order valence-corrected chi connectivity index (χ2v) is 7.47. The van der Waals surface area contributed by atoms with Gasteiger partial charge in [0.1, 0.15) is 17.9 Å². The van der Waals surface area contributed by atoms with Crippen molar-refractivity contribution in [3.05, 3.63) is 52.7 Å². The molecule has 3 aromatic heterocycles. The molecule has 150 valence electrons. The second kappa shape index (κ2) is 8.06. The molecule has 4 N–H and O–H groups in total. The number of anilines is 1. The van der Waals surface area contributed by atoms with E-state index >= 15 is 0 Å². The molecule has 0 radical (unpaired) electrons. The number of rotatable bonds is 7. The Balaban J connectivity index is 1.74. The van der Waals surface area contributed by atoms with Crippen LogP contribution in [0.1, 0.15) is 23.9 Å². The summed E-state index contributed by atoms with van der Waals surface area (Å²) in [5.41, 5.74) is 10.7. The molecule has 1 aromatic carbocycles. The van der Waals surface area contributed by atoms with Gasteiger partial charge in [-0.1, -0.05) is 24.3 Å². The molecule has 0 aliphatic rings. The van der Waals surface area contributed by atoms with Crippen LogP contribution in [0.2, 0.25) is 0 Å². The van der Waals surface area contributed by atoms with Crippen molar-refractivity contribution in [3.63, 3.8) is 0 Å². The third-order valence-electron chi connectivity index (χ3n) is 4.63. The predicted octanol–water partition coefficient (Wildman–Crippen LogP) is 3.58. The lowest BCUT2D eigenvalue weighted by atomic mass is 10.1. The summed E-state index contributed by atoms with van der Waals surface area (Å²) in [6.07, 6.45) is -1.04. The minimum absolute atomic E-state index is 0.275. The Morgan fingerprint density at radius 3 is 2.72 bits per heavy atom. The lowest BCUT2D eigenvalue weighted by Gasteiger charge is -2.11. The molecule has 8 nitrogen and oxygen atoms in total. The van der Waals surface area contributed by atoms with E-state index in [9.17, 15) is 4.79 Å². The second-order valence-electron chi connectivity index (χ2n) is 6.56. The number of benzene rings is 1. The van der Waals surface area contributed by atoms with Gasteiger partial charge in [0.25, 0.3) is 0 Å². The van der Waals surface area contributed by atoms with Crippen molar-refractivity contribution in [2.24, 2.45) is 0 Å². The first-order valence-electron chi connectivity index (χ1n) is 9.21. The Labute approximate surface area is 170 Å². The number of hydrogen-bond acceptors (Lipinski definition) is 6. The number of thiophene rings is 1. The highest BCUT2D eigenvalue weighted by atomic mass is 32.1. The van der Waals surface area contributed by atoms with Gasteiger partial charge in [-0.15, -0.1) is 11.3 Å². The summed E-state index contributed by atoms with van der Waals surface area (Å²) >= 11 is 1.62. The van der Waals surface area contributed by atoms with E-state index in [1.807, 2.05) is 42.6 Å². The van der Waals surface area contributed by atoms with Gasteiger partial charge >= 0.3 is 6.09 Å². The third kappa shape index (κ3) is 3.87. The van der Waals surface area contributed by atoms with E-state index in [-0.39, 0.29) is 6.54 Å². The molecule has 3 heterocycles. The lowest BCUT2D eigenvalue weighted by Crippen LogP contribution is -2.19. The summed E-state index contributed by atoms with van der Waals surface area (Å²) in [6, 6.07) is 9.78. The van der Waals surface area contributed by atoms with Crippen molar-refractivity contribution in [3.8, 4) is 0 Å². The maximum Gasteiger partial charge on any atom is 0.404 e. The van der Waals surface area contributed by atoms with Crippen LogP contribution in [0.4, 0.5) is 10.6 Å². The summed E-state index contributed by atoms with van der Waals surface area (Å²) in [7, 11) is 0. The molecule has 0 aliphatic heterocycles. The molecule has 0 spiro atoms. The van der Waals surface area contributed by atoms with Crippen LogP contribution in [-0.2, 0) is 24.4 Å². The fourth-order valence-corrected chi connectivity index (χ4v) is 4.14. The Bertz CT molecular complexity index is 1170. The summed E-state index contributed by atoms with van der Waals surface area (Å²) in [5.74, 6) is 1.21. The van der Waals surface area contributed by atoms with Crippen LogP contribution in [0.25, 0.3) is 21.3 Å². The fraction of sp³-hybridized carbons (Fsp3) is 0.250. The molecular formula is C20H21N5O3S. The van der Waals surface area contributed by atoms with Crippen molar-refractivity contribution in [2.45, 2.75) is 26.6 Å². The zero-order chi connectivity index (χ0) is 20.4. The number of nitrogens with one attached hydrogen (secondary N) is 1. The predicted molar refractivity (Wildman–Crippen MR) is 113 cm³/mol. The van der Waals surface area contributed by atoms with Crippen LogP contribution in [0.5, 0.6) is 0 Å². The topological polar surface area (TPSA) is 115 Å². The minimum atomic E-state index is -1.04.